The van der Waals surface area contributed by atoms with Gasteiger partial charge in [-0.25, -0.2) is 0 Å². The highest BCUT2D eigenvalue weighted by molar-refractivity contribution is 8.03. The lowest BCUT2D eigenvalue weighted by molar-refractivity contribution is 0.225. The average molecular weight is 463 g/mol. The highest BCUT2D eigenvalue weighted by atomic mass is 32.3. The van der Waals surface area contributed by atoms with E-state index in [2.05, 4.69) is 0 Å². The summed E-state index contributed by atoms with van der Waals surface area (Å²) in [5.74, 6) is 1.95. The van der Waals surface area contributed by atoms with Crippen molar-refractivity contribution < 1.29 is 25.9 Å². The first-order valence-electron chi connectivity index (χ1n) is 10.5. The molecule has 2 aliphatic carbocycles. The van der Waals surface area contributed by atoms with Crippen molar-refractivity contribution in [2.75, 3.05) is 0 Å². The zero-order valence-electron chi connectivity index (χ0n) is 17.1. The molecule has 0 amide bonds. The number of nitrogens with two attached hydrogens (primary N) is 2. The van der Waals surface area contributed by atoms with Crippen LogP contribution in [0.2, 0.25) is 0 Å². The van der Waals surface area contributed by atoms with Crippen LogP contribution in [0, 0.1) is 11.8 Å². The van der Waals surface area contributed by atoms with Crippen LogP contribution in [0.5, 0.6) is 0 Å². The van der Waals surface area contributed by atoms with E-state index in [1.807, 2.05) is 0 Å². The fourth-order valence-corrected chi connectivity index (χ4v) is 6.66. The Labute approximate surface area is 179 Å². The summed E-state index contributed by atoms with van der Waals surface area (Å²) in [6.07, 6.45) is 12.0. The van der Waals surface area contributed by atoms with Crippen LogP contribution in [0.15, 0.2) is 30.3 Å². The lowest BCUT2D eigenvalue weighted by Crippen LogP contribution is -2.30. The van der Waals surface area contributed by atoms with Gasteiger partial charge in [0.2, 0.25) is 4.58 Å². The summed E-state index contributed by atoms with van der Waals surface area (Å²) >= 11 is 0. The molecule has 0 aromatic heterocycles. The predicted molar refractivity (Wildman–Crippen MR) is 117 cm³/mol. The van der Waals surface area contributed by atoms with Crippen molar-refractivity contribution in [2.24, 2.45) is 23.3 Å². The van der Waals surface area contributed by atoms with Gasteiger partial charge in [-0.15, -0.1) is 0 Å². The zero-order chi connectivity index (χ0) is 22.4. The molecular formula is C20H34N2O6S2. The summed E-state index contributed by atoms with van der Waals surface area (Å²) in [6, 6.07) is 7.66. The minimum absolute atomic E-state index is 0.220. The van der Waals surface area contributed by atoms with E-state index >= 15 is 0 Å². The van der Waals surface area contributed by atoms with Crippen molar-refractivity contribution in [3.63, 3.8) is 0 Å². The predicted octanol–water partition coefficient (Wildman–Crippen LogP) is 2.87. The molecule has 0 unspecified atom stereocenters. The lowest BCUT2D eigenvalue weighted by atomic mass is 9.76. The van der Waals surface area contributed by atoms with Gasteiger partial charge in [0.15, 0.2) is 0 Å². The van der Waals surface area contributed by atoms with Gasteiger partial charge in [0.25, 0.3) is 20.2 Å². The topological polar surface area (TPSA) is 161 Å². The third-order valence-corrected chi connectivity index (χ3v) is 9.15. The SMILES string of the molecule is NC1CCC(CC2CCC(N)CC2)CC1.O=S(=O)(O)C(c1ccccc1)S(=O)(=O)O. The smallest absolute Gasteiger partial charge is 0.289 e. The summed E-state index contributed by atoms with van der Waals surface area (Å²) in [5.41, 5.74) is 11.6. The molecule has 2 fully saturated rings. The Bertz CT molecular complexity index is 793. The second kappa shape index (κ2) is 11.0. The molecule has 10 heteroatoms. The standard InChI is InChI=1S/C13H26N2.C7H8O6S2/c14-12-5-1-10(2-6-12)9-11-3-7-13(15)8-4-11;8-14(9,10)7(15(11,12)13)6-4-2-1-3-5-6/h10-13H,1-9,14-15H2;1-5,7H,(H,8,9,10)(H,11,12,13). The Morgan fingerprint density at radius 2 is 1.10 bits per heavy atom. The molecule has 0 bridgehead atoms. The minimum Gasteiger partial charge on any atom is -0.328 e. The molecule has 0 spiro atoms. The van der Waals surface area contributed by atoms with E-state index in [0.29, 0.717) is 12.1 Å². The van der Waals surface area contributed by atoms with Gasteiger partial charge in [-0.1, -0.05) is 30.3 Å². The van der Waals surface area contributed by atoms with Crippen LogP contribution in [-0.2, 0) is 20.2 Å². The minimum atomic E-state index is -4.91. The molecule has 172 valence electrons. The van der Waals surface area contributed by atoms with Crippen LogP contribution in [0.3, 0.4) is 0 Å². The van der Waals surface area contributed by atoms with E-state index in [-0.39, 0.29) is 5.56 Å². The maximum Gasteiger partial charge on any atom is 0.289 e. The Kier molecular flexibility index (Phi) is 9.26. The van der Waals surface area contributed by atoms with Crippen molar-refractivity contribution >= 4 is 20.2 Å². The van der Waals surface area contributed by atoms with Gasteiger partial charge in [-0.05, 0) is 75.2 Å². The molecule has 30 heavy (non-hydrogen) atoms. The maximum atomic E-state index is 10.8. The summed E-state index contributed by atoms with van der Waals surface area (Å²) in [6.45, 7) is 0. The van der Waals surface area contributed by atoms with E-state index in [9.17, 15) is 16.8 Å². The van der Waals surface area contributed by atoms with E-state index in [1.54, 1.807) is 0 Å². The van der Waals surface area contributed by atoms with Gasteiger partial charge in [0.1, 0.15) is 0 Å². The van der Waals surface area contributed by atoms with Gasteiger partial charge in [-0.2, -0.15) is 16.8 Å². The summed E-state index contributed by atoms with van der Waals surface area (Å²) in [7, 11) is -9.83. The molecule has 0 radical (unpaired) electrons. The quantitative estimate of drug-likeness (QED) is 0.486. The van der Waals surface area contributed by atoms with Gasteiger partial charge in [0, 0.05) is 12.1 Å². The fraction of sp³-hybridized carbons (Fsp3) is 0.700. The van der Waals surface area contributed by atoms with Crippen molar-refractivity contribution in [2.45, 2.75) is 74.5 Å². The van der Waals surface area contributed by atoms with E-state index < -0.39 is 24.8 Å². The van der Waals surface area contributed by atoms with Crippen molar-refractivity contribution in [3.05, 3.63) is 35.9 Å². The third-order valence-electron chi connectivity index (χ3n) is 6.06. The fourth-order valence-electron chi connectivity index (χ4n) is 4.43. The monoisotopic (exact) mass is 462 g/mol. The zero-order valence-corrected chi connectivity index (χ0v) is 18.8. The van der Waals surface area contributed by atoms with Gasteiger partial charge in [0.05, 0.1) is 0 Å². The Hall–Kier alpha value is -1.04. The lowest BCUT2D eigenvalue weighted by Gasteiger charge is -2.32. The van der Waals surface area contributed by atoms with Crippen molar-refractivity contribution in [1.29, 1.82) is 0 Å². The van der Waals surface area contributed by atoms with Crippen LogP contribution in [-0.4, -0.2) is 38.0 Å². The molecule has 6 N–H and O–H groups in total. The first-order chi connectivity index (χ1) is 14.0. The number of hydrogen-bond acceptors (Lipinski definition) is 6. The Morgan fingerprint density at radius 1 is 0.733 bits per heavy atom. The van der Waals surface area contributed by atoms with E-state index in [1.165, 1.54) is 88.1 Å². The van der Waals surface area contributed by atoms with Gasteiger partial charge < -0.3 is 11.5 Å². The Morgan fingerprint density at radius 3 is 1.43 bits per heavy atom. The third kappa shape index (κ3) is 8.24. The number of hydrogen-bond donors (Lipinski definition) is 4. The number of benzene rings is 1. The van der Waals surface area contributed by atoms with E-state index in [4.69, 9.17) is 20.6 Å². The summed E-state index contributed by atoms with van der Waals surface area (Å²) in [4.78, 5) is 0. The van der Waals surface area contributed by atoms with Crippen LogP contribution < -0.4 is 11.5 Å². The molecule has 3 rings (SSSR count). The van der Waals surface area contributed by atoms with Crippen molar-refractivity contribution in [1.82, 2.24) is 0 Å². The number of rotatable bonds is 5. The molecule has 8 nitrogen and oxygen atoms in total. The summed E-state index contributed by atoms with van der Waals surface area (Å²) < 4.78 is 58.2. The van der Waals surface area contributed by atoms with Gasteiger partial charge in [-0.3, -0.25) is 9.11 Å². The molecule has 0 heterocycles. The molecule has 1 aromatic carbocycles. The average Bonchev–Trinajstić information content (AvgIpc) is 2.64. The first kappa shape index (κ1) is 25.2. The van der Waals surface area contributed by atoms with Crippen molar-refractivity contribution in [3.8, 4) is 0 Å². The highest BCUT2D eigenvalue weighted by Gasteiger charge is 2.36. The molecular weight excluding hydrogens is 428 g/mol. The van der Waals surface area contributed by atoms with Crippen LogP contribution in [0.1, 0.15) is 67.9 Å². The molecule has 1 aromatic rings. The molecule has 0 atom stereocenters. The maximum absolute atomic E-state index is 10.8. The van der Waals surface area contributed by atoms with Crippen LogP contribution in [0.4, 0.5) is 0 Å². The molecule has 0 aliphatic heterocycles. The molecule has 2 aliphatic rings. The Balaban J connectivity index is 0.000000214. The van der Waals surface area contributed by atoms with Gasteiger partial charge >= 0.3 is 0 Å². The first-order valence-corrected chi connectivity index (χ1v) is 13.5. The largest absolute Gasteiger partial charge is 0.328 e. The van der Waals surface area contributed by atoms with Crippen LogP contribution in [0.25, 0.3) is 0 Å². The molecule has 2 saturated carbocycles. The van der Waals surface area contributed by atoms with E-state index in [0.717, 1.165) is 11.8 Å². The highest BCUT2D eigenvalue weighted by Crippen LogP contribution is 2.34. The normalized spacial score (nSPS) is 27.9. The van der Waals surface area contributed by atoms with Crippen LogP contribution >= 0.6 is 0 Å². The second-order valence-electron chi connectivity index (χ2n) is 8.57. The molecule has 0 saturated heterocycles. The second-order valence-corrected chi connectivity index (χ2v) is 11.9. The summed E-state index contributed by atoms with van der Waals surface area (Å²) in [5, 5.41) is 0.